The van der Waals surface area contributed by atoms with Gasteiger partial charge in [-0.15, -0.1) is 0 Å². The Morgan fingerprint density at radius 2 is 2.00 bits per heavy atom. The first-order valence-corrected chi connectivity index (χ1v) is 7.81. The molecule has 0 radical (unpaired) electrons. The zero-order valence-electron chi connectivity index (χ0n) is 13.8. The summed E-state index contributed by atoms with van der Waals surface area (Å²) < 4.78 is 5.71. The van der Waals surface area contributed by atoms with Crippen LogP contribution in [0.2, 0.25) is 0 Å². The highest BCUT2D eigenvalue weighted by molar-refractivity contribution is 5.91. The summed E-state index contributed by atoms with van der Waals surface area (Å²) in [5.74, 6) is 0.693. The number of hydrogen-bond donors (Lipinski definition) is 2. The third-order valence-electron chi connectivity index (χ3n) is 3.40. The van der Waals surface area contributed by atoms with Gasteiger partial charge < -0.3 is 15.4 Å². The van der Waals surface area contributed by atoms with Crippen molar-refractivity contribution in [3.63, 3.8) is 0 Å². The molecule has 2 aromatic rings. The zero-order chi connectivity index (χ0) is 16.7. The average molecular weight is 313 g/mol. The number of carbonyl (C=O) groups excluding carboxylic acids is 1. The van der Waals surface area contributed by atoms with E-state index < -0.39 is 0 Å². The smallest absolute Gasteiger partial charge is 0.319 e. The van der Waals surface area contributed by atoms with Crippen LogP contribution in [0.1, 0.15) is 37.4 Å². The van der Waals surface area contributed by atoms with Crippen LogP contribution in [0, 0.1) is 6.92 Å². The fourth-order valence-corrected chi connectivity index (χ4v) is 2.15. The number of aromatic nitrogens is 1. The van der Waals surface area contributed by atoms with Crippen molar-refractivity contribution in [2.24, 2.45) is 0 Å². The minimum atomic E-state index is -0.264. The van der Waals surface area contributed by atoms with Crippen LogP contribution in [0.5, 0.6) is 5.75 Å². The number of hydrogen-bond acceptors (Lipinski definition) is 3. The van der Waals surface area contributed by atoms with E-state index in [4.69, 9.17) is 4.74 Å². The molecule has 0 spiro atoms. The van der Waals surface area contributed by atoms with Crippen LogP contribution in [0.3, 0.4) is 0 Å². The number of nitrogens with zero attached hydrogens (tertiary/aromatic N) is 1. The first kappa shape index (κ1) is 16.8. The fourth-order valence-electron chi connectivity index (χ4n) is 2.15. The van der Waals surface area contributed by atoms with Crippen LogP contribution in [0.4, 0.5) is 10.5 Å². The van der Waals surface area contributed by atoms with Gasteiger partial charge in [-0.05, 0) is 55.7 Å². The van der Waals surface area contributed by atoms with Gasteiger partial charge in [0.25, 0.3) is 0 Å². The third kappa shape index (κ3) is 4.98. The first-order chi connectivity index (χ1) is 11.1. The van der Waals surface area contributed by atoms with Gasteiger partial charge in [-0.25, -0.2) is 4.79 Å². The van der Waals surface area contributed by atoms with Crippen molar-refractivity contribution in [1.29, 1.82) is 0 Å². The Morgan fingerprint density at radius 3 is 2.70 bits per heavy atom. The van der Waals surface area contributed by atoms with E-state index in [9.17, 15) is 4.79 Å². The predicted molar refractivity (Wildman–Crippen MR) is 91.8 cm³/mol. The van der Waals surface area contributed by atoms with Crippen molar-refractivity contribution in [2.75, 3.05) is 11.9 Å². The number of rotatable bonds is 6. The molecular weight excluding hydrogens is 290 g/mol. The largest absolute Gasteiger partial charge is 0.491 e. The second-order valence-corrected chi connectivity index (χ2v) is 5.45. The first-order valence-electron chi connectivity index (χ1n) is 7.81. The van der Waals surface area contributed by atoms with E-state index in [-0.39, 0.29) is 12.1 Å². The Labute approximate surface area is 137 Å². The number of nitrogens with one attached hydrogen (secondary N) is 2. The molecule has 0 saturated heterocycles. The van der Waals surface area contributed by atoms with Gasteiger partial charge in [0.05, 0.1) is 18.3 Å². The number of aryl methyl sites for hydroxylation is 1. The van der Waals surface area contributed by atoms with Crippen LogP contribution in [-0.4, -0.2) is 17.6 Å². The number of amides is 2. The van der Waals surface area contributed by atoms with Gasteiger partial charge in [0.2, 0.25) is 0 Å². The lowest BCUT2D eigenvalue weighted by molar-refractivity contribution is 0.249. The molecule has 1 aromatic carbocycles. The third-order valence-corrected chi connectivity index (χ3v) is 3.40. The van der Waals surface area contributed by atoms with E-state index in [0.717, 1.165) is 17.5 Å². The van der Waals surface area contributed by atoms with Crippen LogP contribution >= 0.6 is 0 Å². The van der Waals surface area contributed by atoms with Crippen LogP contribution < -0.4 is 15.4 Å². The zero-order valence-corrected chi connectivity index (χ0v) is 13.8. The van der Waals surface area contributed by atoms with Crippen molar-refractivity contribution in [2.45, 2.75) is 33.2 Å². The molecule has 1 unspecified atom stereocenters. The monoisotopic (exact) mass is 313 g/mol. The molecule has 1 atom stereocenters. The molecule has 2 N–H and O–H groups in total. The van der Waals surface area contributed by atoms with E-state index in [1.165, 1.54) is 0 Å². The summed E-state index contributed by atoms with van der Waals surface area (Å²) >= 11 is 0. The van der Waals surface area contributed by atoms with Gasteiger partial charge in [0.15, 0.2) is 0 Å². The average Bonchev–Trinajstić information content (AvgIpc) is 2.55. The maximum Gasteiger partial charge on any atom is 0.319 e. The van der Waals surface area contributed by atoms with Crippen molar-refractivity contribution in [1.82, 2.24) is 10.3 Å². The summed E-state index contributed by atoms with van der Waals surface area (Å²) in [6, 6.07) is 9.12. The molecule has 0 aliphatic carbocycles. The molecule has 5 nitrogen and oxygen atoms in total. The fraction of sp³-hybridized carbons (Fsp3) is 0.333. The Hall–Kier alpha value is -2.56. The van der Waals surface area contributed by atoms with Crippen molar-refractivity contribution in [3.05, 3.63) is 53.9 Å². The number of benzene rings is 1. The van der Waals surface area contributed by atoms with Gasteiger partial charge in [-0.3, -0.25) is 4.98 Å². The SMILES string of the molecule is CCCOc1cc(C)ccc1NC(=O)NC(C)c1ccncc1. The molecule has 1 heterocycles. The van der Waals surface area contributed by atoms with E-state index in [2.05, 4.69) is 15.6 Å². The molecular formula is C18H23N3O2. The molecule has 2 amide bonds. The van der Waals surface area contributed by atoms with Gasteiger partial charge in [0.1, 0.15) is 5.75 Å². The molecule has 0 aliphatic heterocycles. The maximum absolute atomic E-state index is 12.2. The minimum Gasteiger partial charge on any atom is -0.491 e. The number of anilines is 1. The van der Waals surface area contributed by atoms with E-state index in [0.29, 0.717) is 18.0 Å². The maximum atomic E-state index is 12.2. The van der Waals surface area contributed by atoms with Gasteiger partial charge >= 0.3 is 6.03 Å². The summed E-state index contributed by atoms with van der Waals surface area (Å²) in [6.07, 6.45) is 4.34. The molecule has 0 fully saturated rings. The predicted octanol–water partition coefficient (Wildman–Crippen LogP) is 4.06. The number of carbonyl (C=O) groups is 1. The highest BCUT2D eigenvalue weighted by atomic mass is 16.5. The van der Waals surface area contributed by atoms with Gasteiger partial charge in [0, 0.05) is 12.4 Å². The van der Waals surface area contributed by atoms with Crippen LogP contribution in [0.15, 0.2) is 42.7 Å². The standard InChI is InChI=1S/C18H23N3O2/c1-4-11-23-17-12-13(2)5-6-16(17)21-18(22)20-14(3)15-7-9-19-10-8-15/h5-10,12,14H,4,11H2,1-3H3,(H2,20,21,22). The highest BCUT2D eigenvalue weighted by Crippen LogP contribution is 2.26. The van der Waals surface area contributed by atoms with Crippen molar-refractivity contribution >= 4 is 11.7 Å². The quantitative estimate of drug-likeness (QED) is 0.845. The van der Waals surface area contributed by atoms with Crippen molar-refractivity contribution in [3.8, 4) is 5.75 Å². The molecule has 122 valence electrons. The Bertz CT molecular complexity index is 644. The second kappa shape index (κ2) is 8.17. The summed E-state index contributed by atoms with van der Waals surface area (Å²) in [5.41, 5.74) is 2.76. The van der Waals surface area contributed by atoms with E-state index in [1.807, 2.05) is 51.1 Å². The molecule has 23 heavy (non-hydrogen) atoms. The Balaban J connectivity index is 2.02. The topological polar surface area (TPSA) is 63.2 Å². The van der Waals surface area contributed by atoms with E-state index >= 15 is 0 Å². The normalized spacial score (nSPS) is 11.6. The molecule has 0 saturated carbocycles. The van der Waals surface area contributed by atoms with E-state index in [1.54, 1.807) is 12.4 Å². The molecule has 0 bridgehead atoms. The second-order valence-electron chi connectivity index (χ2n) is 5.45. The summed E-state index contributed by atoms with van der Waals surface area (Å²) in [6.45, 7) is 6.59. The summed E-state index contributed by atoms with van der Waals surface area (Å²) in [5, 5.41) is 5.77. The number of urea groups is 1. The molecule has 2 rings (SSSR count). The lowest BCUT2D eigenvalue weighted by Gasteiger charge is -2.17. The number of pyridine rings is 1. The molecule has 0 aliphatic rings. The highest BCUT2D eigenvalue weighted by Gasteiger charge is 2.12. The lowest BCUT2D eigenvalue weighted by atomic mass is 10.1. The van der Waals surface area contributed by atoms with Crippen LogP contribution in [-0.2, 0) is 0 Å². The van der Waals surface area contributed by atoms with Crippen molar-refractivity contribution < 1.29 is 9.53 Å². The minimum absolute atomic E-state index is 0.108. The van der Waals surface area contributed by atoms with Gasteiger partial charge in [-0.1, -0.05) is 13.0 Å². The number of ether oxygens (including phenoxy) is 1. The van der Waals surface area contributed by atoms with Gasteiger partial charge in [-0.2, -0.15) is 0 Å². The lowest BCUT2D eigenvalue weighted by Crippen LogP contribution is -2.31. The van der Waals surface area contributed by atoms with Crippen LogP contribution in [0.25, 0.3) is 0 Å². The molecule has 5 heteroatoms. The molecule has 1 aromatic heterocycles. The Kier molecular flexibility index (Phi) is 5.97. The summed E-state index contributed by atoms with van der Waals surface area (Å²) in [4.78, 5) is 16.2. The summed E-state index contributed by atoms with van der Waals surface area (Å²) in [7, 11) is 0. The Morgan fingerprint density at radius 1 is 1.26 bits per heavy atom.